The monoisotopic (exact) mass is 291 g/mol. The fraction of sp³-hybridized carbons (Fsp3) is 0.333. The van der Waals surface area contributed by atoms with E-state index in [-0.39, 0.29) is 12.2 Å². The van der Waals surface area contributed by atoms with E-state index in [2.05, 4.69) is 0 Å². The normalized spacial score (nSPS) is 11.2. The standard InChI is InChI=1S/C12H12F3NO4/c13-12(14,15)8-3-1-2-4-9(8)16(7-11(19)20)6-5-10(17)18/h1-4H,5-7H2,(H,17,18)(H,19,20). The second kappa shape index (κ2) is 6.27. The number of alkyl halides is 3. The van der Waals surface area contributed by atoms with Crippen LogP contribution in [-0.4, -0.2) is 35.2 Å². The molecular weight excluding hydrogens is 279 g/mol. The van der Waals surface area contributed by atoms with Gasteiger partial charge in [0.1, 0.15) is 6.54 Å². The van der Waals surface area contributed by atoms with Crippen molar-refractivity contribution in [3.63, 3.8) is 0 Å². The summed E-state index contributed by atoms with van der Waals surface area (Å²) in [5.41, 5.74) is -1.34. The first-order chi connectivity index (χ1) is 9.21. The minimum absolute atomic E-state index is 0.325. The lowest BCUT2D eigenvalue weighted by Crippen LogP contribution is -2.33. The maximum Gasteiger partial charge on any atom is 0.418 e. The Labute approximate surface area is 112 Å². The molecule has 0 aliphatic rings. The number of hydrogen-bond acceptors (Lipinski definition) is 3. The largest absolute Gasteiger partial charge is 0.481 e. The maximum atomic E-state index is 12.9. The van der Waals surface area contributed by atoms with Crippen molar-refractivity contribution >= 4 is 17.6 Å². The molecule has 0 amide bonds. The third-order valence-electron chi connectivity index (χ3n) is 2.47. The summed E-state index contributed by atoms with van der Waals surface area (Å²) in [5.74, 6) is -2.56. The average Bonchev–Trinajstić information content (AvgIpc) is 2.33. The van der Waals surface area contributed by atoms with Gasteiger partial charge in [0.15, 0.2) is 0 Å². The minimum Gasteiger partial charge on any atom is -0.481 e. The number of benzene rings is 1. The van der Waals surface area contributed by atoms with E-state index in [0.717, 1.165) is 17.0 Å². The Morgan fingerprint density at radius 3 is 2.20 bits per heavy atom. The van der Waals surface area contributed by atoms with Gasteiger partial charge in [0.05, 0.1) is 12.0 Å². The van der Waals surface area contributed by atoms with Gasteiger partial charge in [0.2, 0.25) is 0 Å². The number of rotatable bonds is 6. The Balaban J connectivity index is 3.12. The van der Waals surface area contributed by atoms with Crippen LogP contribution in [0, 0.1) is 0 Å². The Hall–Kier alpha value is -2.25. The van der Waals surface area contributed by atoms with Crippen molar-refractivity contribution in [2.75, 3.05) is 18.0 Å². The minimum atomic E-state index is -4.64. The number of hydrogen-bond donors (Lipinski definition) is 2. The molecule has 110 valence electrons. The molecule has 0 aliphatic heterocycles. The second-order valence-corrected chi connectivity index (χ2v) is 3.97. The van der Waals surface area contributed by atoms with E-state index in [0.29, 0.717) is 0 Å². The summed E-state index contributed by atoms with van der Waals surface area (Å²) in [6.07, 6.45) is -5.10. The summed E-state index contributed by atoms with van der Waals surface area (Å²) in [7, 11) is 0. The van der Waals surface area contributed by atoms with E-state index < -0.39 is 36.6 Å². The average molecular weight is 291 g/mol. The molecule has 5 nitrogen and oxygen atoms in total. The summed E-state index contributed by atoms with van der Waals surface area (Å²) in [5, 5.41) is 17.3. The molecule has 1 aromatic rings. The van der Waals surface area contributed by atoms with Gasteiger partial charge in [-0.15, -0.1) is 0 Å². The number of carbonyl (C=O) groups is 2. The molecule has 0 unspecified atom stereocenters. The van der Waals surface area contributed by atoms with E-state index >= 15 is 0 Å². The van der Waals surface area contributed by atoms with Gasteiger partial charge in [0, 0.05) is 12.2 Å². The molecular formula is C12H12F3NO4. The van der Waals surface area contributed by atoms with E-state index in [1.807, 2.05) is 0 Å². The molecule has 1 aromatic carbocycles. The number of aliphatic carboxylic acids is 2. The molecule has 8 heteroatoms. The van der Waals surface area contributed by atoms with Crippen LogP contribution in [0.5, 0.6) is 0 Å². The van der Waals surface area contributed by atoms with Gasteiger partial charge < -0.3 is 15.1 Å². The third kappa shape index (κ3) is 4.45. The molecule has 0 fully saturated rings. The van der Waals surface area contributed by atoms with Crippen LogP contribution >= 0.6 is 0 Å². The van der Waals surface area contributed by atoms with Gasteiger partial charge in [0.25, 0.3) is 0 Å². The zero-order valence-electron chi connectivity index (χ0n) is 10.2. The highest BCUT2D eigenvalue weighted by molar-refractivity contribution is 5.75. The smallest absolute Gasteiger partial charge is 0.418 e. The van der Waals surface area contributed by atoms with Gasteiger partial charge in [-0.05, 0) is 12.1 Å². The molecule has 0 saturated heterocycles. The van der Waals surface area contributed by atoms with Crippen LogP contribution in [0.2, 0.25) is 0 Å². The van der Waals surface area contributed by atoms with Crippen LogP contribution in [0.1, 0.15) is 12.0 Å². The highest BCUT2D eigenvalue weighted by Crippen LogP contribution is 2.36. The van der Waals surface area contributed by atoms with Crippen molar-refractivity contribution < 1.29 is 33.0 Å². The molecule has 20 heavy (non-hydrogen) atoms. The molecule has 0 radical (unpaired) electrons. The number of halogens is 3. The predicted molar refractivity (Wildman–Crippen MR) is 63.5 cm³/mol. The molecule has 2 N–H and O–H groups in total. The van der Waals surface area contributed by atoms with Gasteiger partial charge in [-0.25, -0.2) is 0 Å². The molecule has 0 bridgehead atoms. The fourth-order valence-electron chi connectivity index (χ4n) is 1.67. The van der Waals surface area contributed by atoms with Gasteiger partial charge >= 0.3 is 18.1 Å². The van der Waals surface area contributed by atoms with E-state index in [1.165, 1.54) is 12.1 Å². The molecule has 0 saturated carbocycles. The lowest BCUT2D eigenvalue weighted by Gasteiger charge is -2.25. The molecule has 1 rings (SSSR count). The predicted octanol–water partition coefficient (Wildman–Crippen LogP) is 2.07. The Morgan fingerprint density at radius 1 is 1.10 bits per heavy atom. The van der Waals surface area contributed by atoms with Gasteiger partial charge in [-0.3, -0.25) is 9.59 Å². The molecule has 0 atom stereocenters. The number of anilines is 1. The number of nitrogens with zero attached hydrogens (tertiary/aromatic N) is 1. The first kappa shape index (κ1) is 15.8. The van der Waals surface area contributed by atoms with E-state index in [1.54, 1.807) is 0 Å². The van der Waals surface area contributed by atoms with Crippen molar-refractivity contribution in [2.45, 2.75) is 12.6 Å². The quantitative estimate of drug-likeness (QED) is 0.839. The zero-order valence-corrected chi connectivity index (χ0v) is 10.2. The van der Waals surface area contributed by atoms with Crippen LogP contribution in [0.15, 0.2) is 24.3 Å². The lowest BCUT2D eigenvalue weighted by molar-refractivity contribution is -0.138. The van der Waals surface area contributed by atoms with Crippen molar-refractivity contribution in [1.82, 2.24) is 0 Å². The highest BCUT2D eigenvalue weighted by atomic mass is 19.4. The van der Waals surface area contributed by atoms with Crippen molar-refractivity contribution in [3.8, 4) is 0 Å². The maximum absolute atomic E-state index is 12.9. The summed E-state index contributed by atoms with van der Waals surface area (Å²) in [6, 6.07) is 4.46. The second-order valence-electron chi connectivity index (χ2n) is 3.97. The van der Waals surface area contributed by atoms with Gasteiger partial charge in [-0.2, -0.15) is 13.2 Å². The number of carboxylic acid groups (broad SMARTS) is 2. The van der Waals surface area contributed by atoms with Crippen molar-refractivity contribution in [3.05, 3.63) is 29.8 Å². The molecule has 0 heterocycles. The first-order valence-electron chi connectivity index (χ1n) is 5.56. The Morgan fingerprint density at radius 2 is 1.70 bits per heavy atom. The fourth-order valence-corrected chi connectivity index (χ4v) is 1.67. The first-order valence-corrected chi connectivity index (χ1v) is 5.56. The van der Waals surface area contributed by atoms with E-state index in [9.17, 15) is 22.8 Å². The number of carboxylic acids is 2. The third-order valence-corrected chi connectivity index (χ3v) is 2.47. The lowest BCUT2D eigenvalue weighted by atomic mass is 10.1. The van der Waals surface area contributed by atoms with Crippen molar-refractivity contribution in [1.29, 1.82) is 0 Å². The highest BCUT2D eigenvalue weighted by Gasteiger charge is 2.34. The zero-order chi connectivity index (χ0) is 15.3. The SMILES string of the molecule is O=C(O)CCN(CC(=O)O)c1ccccc1C(F)(F)F. The summed E-state index contributed by atoms with van der Waals surface area (Å²) < 4.78 is 38.6. The van der Waals surface area contributed by atoms with Crippen LogP contribution < -0.4 is 4.90 Å². The van der Waals surface area contributed by atoms with Crippen LogP contribution in [-0.2, 0) is 15.8 Å². The Kier molecular flexibility index (Phi) is 4.95. The van der Waals surface area contributed by atoms with Crippen LogP contribution in [0.3, 0.4) is 0 Å². The summed E-state index contributed by atoms with van der Waals surface area (Å²) >= 11 is 0. The van der Waals surface area contributed by atoms with Crippen molar-refractivity contribution in [2.24, 2.45) is 0 Å². The van der Waals surface area contributed by atoms with E-state index in [4.69, 9.17) is 10.2 Å². The Bertz CT molecular complexity index is 502. The molecule has 0 spiro atoms. The van der Waals surface area contributed by atoms with Crippen LogP contribution in [0.25, 0.3) is 0 Å². The van der Waals surface area contributed by atoms with Crippen LogP contribution in [0.4, 0.5) is 18.9 Å². The topological polar surface area (TPSA) is 77.8 Å². The summed E-state index contributed by atoms with van der Waals surface area (Å²) in [6.45, 7) is -1.03. The number of para-hydroxylation sites is 1. The molecule has 0 aromatic heterocycles. The van der Waals surface area contributed by atoms with Gasteiger partial charge in [-0.1, -0.05) is 12.1 Å². The molecule has 0 aliphatic carbocycles. The summed E-state index contributed by atoms with van der Waals surface area (Å²) in [4.78, 5) is 22.1.